The third-order valence-corrected chi connectivity index (χ3v) is 3.51. The van der Waals surface area contributed by atoms with E-state index in [1.54, 1.807) is 6.92 Å². The zero-order valence-electron chi connectivity index (χ0n) is 11.1. The number of hydrogen-bond donors (Lipinski definition) is 2. The molecule has 0 aliphatic carbocycles. The molecule has 0 heterocycles. The Kier molecular flexibility index (Phi) is 5.18. The summed E-state index contributed by atoms with van der Waals surface area (Å²) < 4.78 is 13.6. The number of hydrogen-bond acceptors (Lipinski definition) is 2. The first-order valence-corrected chi connectivity index (χ1v) is 6.64. The van der Waals surface area contributed by atoms with Crippen LogP contribution in [0.25, 0.3) is 0 Å². The highest BCUT2D eigenvalue weighted by Gasteiger charge is 2.35. The van der Waals surface area contributed by atoms with Gasteiger partial charge in [0, 0.05) is 10.6 Å². The average Bonchev–Trinajstić information content (AvgIpc) is 2.30. The van der Waals surface area contributed by atoms with Crippen LogP contribution in [0.1, 0.15) is 26.3 Å². The van der Waals surface area contributed by atoms with Gasteiger partial charge in [0.05, 0.1) is 5.02 Å². The molecule has 0 fully saturated rings. The number of rotatable bonds is 5. The molecule has 0 aromatic heterocycles. The largest absolute Gasteiger partial charge is 0.368 e. The van der Waals surface area contributed by atoms with E-state index in [0.29, 0.717) is 12.5 Å². The van der Waals surface area contributed by atoms with Crippen LogP contribution in [-0.4, -0.2) is 12.5 Å². The number of amides is 1. The molecular weight excluding hydrogens is 290 g/mol. The van der Waals surface area contributed by atoms with E-state index in [0.717, 1.165) is 6.07 Å². The van der Waals surface area contributed by atoms with E-state index in [1.165, 1.54) is 6.07 Å². The predicted octanol–water partition coefficient (Wildman–Crippen LogP) is 3.08. The molecule has 0 spiro atoms. The lowest BCUT2D eigenvalue weighted by Crippen LogP contribution is -2.51. The fourth-order valence-corrected chi connectivity index (χ4v) is 2.20. The van der Waals surface area contributed by atoms with Gasteiger partial charge in [-0.1, -0.05) is 37.0 Å². The lowest BCUT2D eigenvalue weighted by molar-refractivity contribution is -0.124. The Hall–Kier alpha value is -0.840. The van der Waals surface area contributed by atoms with Crippen molar-refractivity contribution in [3.8, 4) is 0 Å². The van der Waals surface area contributed by atoms with Crippen molar-refractivity contribution in [3.63, 3.8) is 0 Å². The summed E-state index contributed by atoms with van der Waals surface area (Å²) in [5, 5.41) is 3.14. The van der Waals surface area contributed by atoms with E-state index in [-0.39, 0.29) is 15.6 Å². The topological polar surface area (TPSA) is 55.1 Å². The Morgan fingerprint density at radius 2 is 2.00 bits per heavy atom. The lowest BCUT2D eigenvalue weighted by Gasteiger charge is -2.30. The second kappa shape index (κ2) is 6.07. The smallest absolute Gasteiger partial charge is 0.242 e. The van der Waals surface area contributed by atoms with Crippen LogP contribution in [0.3, 0.4) is 0 Å². The standard InChI is InChI=1S/C13H17Cl2FN2O/c1-7(2)6-18-13(3,12(17)19)8-4-11(16)10(15)5-9(8)14/h4-5,7,18H,6H2,1-3H3,(H2,17,19). The minimum atomic E-state index is -1.24. The van der Waals surface area contributed by atoms with E-state index in [4.69, 9.17) is 28.9 Å². The maximum absolute atomic E-state index is 13.6. The third kappa shape index (κ3) is 3.59. The first-order valence-electron chi connectivity index (χ1n) is 5.88. The molecule has 0 saturated heterocycles. The summed E-state index contributed by atoms with van der Waals surface area (Å²) in [5.74, 6) is -0.966. The quantitative estimate of drug-likeness (QED) is 0.821. The van der Waals surface area contributed by atoms with Crippen molar-refractivity contribution >= 4 is 29.1 Å². The van der Waals surface area contributed by atoms with Crippen LogP contribution in [0.2, 0.25) is 10.0 Å². The molecule has 0 aliphatic heterocycles. The van der Waals surface area contributed by atoms with Crippen LogP contribution in [0, 0.1) is 11.7 Å². The first kappa shape index (κ1) is 16.2. The molecule has 0 saturated carbocycles. The van der Waals surface area contributed by atoms with Crippen LogP contribution >= 0.6 is 23.2 Å². The van der Waals surface area contributed by atoms with Crippen molar-refractivity contribution in [1.82, 2.24) is 5.32 Å². The summed E-state index contributed by atoms with van der Waals surface area (Å²) in [4.78, 5) is 11.7. The molecule has 1 aromatic rings. The number of carbonyl (C=O) groups excluding carboxylic acids is 1. The van der Waals surface area contributed by atoms with Gasteiger partial charge in [-0.25, -0.2) is 4.39 Å². The Morgan fingerprint density at radius 1 is 1.42 bits per heavy atom. The number of halogens is 3. The van der Waals surface area contributed by atoms with Crippen molar-refractivity contribution in [2.45, 2.75) is 26.3 Å². The van der Waals surface area contributed by atoms with E-state index in [1.807, 2.05) is 13.8 Å². The van der Waals surface area contributed by atoms with Crippen LogP contribution in [0.4, 0.5) is 4.39 Å². The highest BCUT2D eigenvalue weighted by atomic mass is 35.5. The van der Waals surface area contributed by atoms with Crippen molar-refractivity contribution < 1.29 is 9.18 Å². The second-order valence-corrected chi connectivity index (χ2v) is 5.82. The van der Waals surface area contributed by atoms with Gasteiger partial charge in [0.2, 0.25) is 5.91 Å². The van der Waals surface area contributed by atoms with Crippen molar-refractivity contribution in [1.29, 1.82) is 0 Å². The van der Waals surface area contributed by atoms with Crippen molar-refractivity contribution in [2.24, 2.45) is 11.7 Å². The normalized spacial score (nSPS) is 14.5. The van der Waals surface area contributed by atoms with Crippen LogP contribution < -0.4 is 11.1 Å². The Morgan fingerprint density at radius 3 is 2.47 bits per heavy atom. The Labute approximate surface area is 122 Å². The summed E-state index contributed by atoms with van der Waals surface area (Å²) in [6.45, 7) is 6.09. The first-order chi connectivity index (χ1) is 8.68. The van der Waals surface area contributed by atoms with Gasteiger partial charge in [-0.15, -0.1) is 0 Å². The van der Waals surface area contributed by atoms with Gasteiger partial charge in [0.1, 0.15) is 11.4 Å². The van der Waals surface area contributed by atoms with Crippen LogP contribution in [0.5, 0.6) is 0 Å². The van der Waals surface area contributed by atoms with Gasteiger partial charge < -0.3 is 5.73 Å². The zero-order chi connectivity index (χ0) is 14.8. The molecule has 6 heteroatoms. The van der Waals surface area contributed by atoms with Gasteiger partial charge in [0.15, 0.2) is 0 Å². The Balaban J connectivity index is 3.26. The van der Waals surface area contributed by atoms with E-state index >= 15 is 0 Å². The number of primary amides is 1. The van der Waals surface area contributed by atoms with E-state index in [9.17, 15) is 9.18 Å². The number of nitrogens with one attached hydrogen (secondary N) is 1. The molecule has 19 heavy (non-hydrogen) atoms. The molecule has 1 unspecified atom stereocenters. The number of nitrogens with two attached hydrogens (primary N) is 1. The van der Waals surface area contributed by atoms with E-state index in [2.05, 4.69) is 5.32 Å². The summed E-state index contributed by atoms with van der Waals surface area (Å²) in [6.07, 6.45) is 0. The van der Waals surface area contributed by atoms with Gasteiger partial charge in [-0.3, -0.25) is 10.1 Å². The SMILES string of the molecule is CC(C)CNC(C)(C(N)=O)c1cc(F)c(Cl)cc1Cl. The minimum Gasteiger partial charge on any atom is -0.368 e. The molecule has 0 aliphatic rings. The molecule has 3 nitrogen and oxygen atoms in total. The molecule has 0 radical (unpaired) electrons. The summed E-state index contributed by atoms with van der Waals surface area (Å²) in [5.41, 5.74) is 4.47. The average molecular weight is 307 g/mol. The van der Waals surface area contributed by atoms with Gasteiger partial charge in [-0.2, -0.15) is 0 Å². The molecule has 1 aromatic carbocycles. The van der Waals surface area contributed by atoms with Crippen LogP contribution in [-0.2, 0) is 10.3 Å². The molecule has 3 N–H and O–H groups in total. The molecule has 0 bridgehead atoms. The van der Waals surface area contributed by atoms with Crippen LogP contribution in [0.15, 0.2) is 12.1 Å². The van der Waals surface area contributed by atoms with E-state index < -0.39 is 17.3 Å². The third-order valence-electron chi connectivity index (χ3n) is 2.91. The molecule has 106 valence electrons. The van der Waals surface area contributed by atoms with Gasteiger partial charge in [0.25, 0.3) is 0 Å². The van der Waals surface area contributed by atoms with Crippen molar-refractivity contribution in [2.75, 3.05) is 6.54 Å². The number of carbonyl (C=O) groups is 1. The summed E-state index contributed by atoms with van der Waals surface area (Å²) in [6, 6.07) is 2.41. The molecule has 1 rings (SSSR count). The van der Waals surface area contributed by atoms with Gasteiger partial charge >= 0.3 is 0 Å². The highest BCUT2D eigenvalue weighted by Crippen LogP contribution is 2.32. The number of benzene rings is 1. The van der Waals surface area contributed by atoms with Gasteiger partial charge in [-0.05, 0) is 31.5 Å². The fourth-order valence-electron chi connectivity index (χ4n) is 1.63. The lowest BCUT2D eigenvalue weighted by atomic mass is 9.90. The summed E-state index contributed by atoms with van der Waals surface area (Å²) >= 11 is 11.7. The second-order valence-electron chi connectivity index (χ2n) is 5.01. The van der Waals surface area contributed by atoms with Crippen molar-refractivity contribution in [3.05, 3.63) is 33.6 Å². The monoisotopic (exact) mass is 306 g/mol. The minimum absolute atomic E-state index is 0.0931. The predicted molar refractivity (Wildman–Crippen MR) is 75.8 cm³/mol. The Bertz CT molecular complexity index is 494. The molecule has 1 atom stereocenters. The zero-order valence-corrected chi connectivity index (χ0v) is 12.6. The maximum Gasteiger partial charge on any atom is 0.242 e. The fraction of sp³-hybridized carbons (Fsp3) is 0.462. The molecular formula is C13H17Cl2FN2O. The summed E-state index contributed by atoms with van der Waals surface area (Å²) in [7, 11) is 0. The maximum atomic E-state index is 13.6. The highest BCUT2D eigenvalue weighted by molar-refractivity contribution is 6.35. The molecule has 1 amide bonds.